The van der Waals surface area contributed by atoms with E-state index < -0.39 is 18.5 Å². The average Bonchev–Trinajstić information content (AvgIpc) is 2.52. The molecule has 0 aromatic carbocycles. The van der Waals surface area contributed by atoms with Crippen molar-refractivity contribution in [2.45, 2.75) is 60.0 Å². The van der Waals surface area contributed by atoms with Crippen LogP contribution >= 0.6 is 0 Å². The summed E-state index contributed by atoms with van der Waals surface area (Å²) in [5.41, 5.74) is 5.03. The maximum atomic E-state index is 11.5. The van der Waals surface area contributed by atoms with Crippen molar-refractivity contribution < 1.29 is 15.0 Å². The highest BCUT2D eigenvalue weighted by molar-refractivity contribution is 5.94. The summed E-state index contributed by atoms with van der Waals surface area (Å²) in [5, 5.41) is 18.0. The van der Waals surface area contributed by atoms with Crippen molar-refractivity contribution in [2.75, 3.05) is 6.61 Å². The second-order valence-electron chi connectivity index (χ2n) is 7.52. The van der Waals surface area contributed by atoms with E-state index in [9.17, 15) is 9.90 Å². The van der Waals surface area contributed by atoms with Crippen molar-refractivity contribution in [3.63, 3.8) is 0 Å². The van der Waals surface area contributed by atoms with Crippen LogP contribution in [0.5, 0.6) is 0 Å². The first-order valence-electron chi connectivity index (χ1n) is 8.91. The van der Waals surface area contributed by atoms with E-state index in [4.69, 9.17) is 5.11 Å². The Balaban J connectivity index is 2.76. The van der Waals surface area contributed by atoms with E-state index in [1.165, 1.54) is 36.5 Å². The quantitative estimate of drug-likeness (QED) is 0.530. The zero-order valence-electron chi connectivity index (χ0n) is 16.2. The predicted octanol–water partition coefficient (Wildman–Crippen LogP) is 4.44. The third-order valence-corrected chi connectivity index (χ3v) is 4.64. The van der Waals surface area contributed by atoms with Crippen LogP contribution in [-0.4, -0.2) is 28.7 Å². The average molecular weight is 344 g/mol. The van der Waals surface area contributed by atoms with Crippen LogP contribution in [0.1, 0.15) is 53.9 Å². The van der Waals surface area contributed by atoms with Crippen LogP contribution in [0.4, 0.5) is 0 Å². The Labute approximate surface area is 152 Å². The van der Waals surface area contributed by atoms with Crippen molar-refractivity contribution in [2.24, 2.45) is 5.41 Å². The zero-order valence-corrected chi connectivity index (χ0v) is 16.2. The van der Waals surface area contributed by atoms with Crippen LogP contribution in [0.3, 0.4) is 0 Å². The minimum Gasteiger partial charge on any atom is -0.393 e. The molecule has 1 aliphatic rings. The van der Waals surface area contributed by atoms with E-state index in [2.05, 4.69) is 32.9 Å². The van der Waals surface area contributed by atoms with Crippen LogP contribution in [0.25, 0.3) is 0 Å². The van der Waals surface area contributed by atoms with Gasteiger partial charge in [0.25, 0.3) is 0 Å². The molecule has 0 aliphatic heterocycles. The molecule has 1 aliphatic carbocycles. The molecular weight excluding hydrogens is 312 g/mol. The molecule has 3 heteroatoms. The molecule has 0 amide bonds. The molecule has 1 rings (SSSR count). The summed E-state index contributed by atoms with van der Waals surface area (Å²) in [6.07, 6.45) is 13.7. The standard InChI is InChI=1S/C22H32O3/c1-16(8-6-9-17(2)14-20(24)21(25)15-23)11-12-19-18(3)10-7-13-22(19,4)5/h6,8-9,11-12,14,21,23,25H,7,10,13,15H2,1-5H3. The van der Waals surface area contributed by atoms with Crippen molar-refractivity contribution in [3.8, 4) is 0 Å². The normalized spacial score (nSPS) is 20.6. The minimum absolute atomic E-state index is 0.238. The first kappa shape index (κ1) is 21.3. The fraction of sp³-hybridized carbons (Fsp3) is 0.500. The number of carbonyl (C=O) groups excluding carboxylic acids is 1. The van der Waals surface area contributed by atoms with Gasteiger partial charge in [-0.1, -0.05) is 55.4 Å². The Morgan fingerprint density at radius 2 is 1.92 bits per heavy atom. The molecule has 0 heterocycles. The highest BCUT2D eigenvalue weighted by atomic mass is 16.3. The molecule has 0 saturated carbocycles. The third-order valence-electron chi connectivity index (χ3n) is 4.64. The van der Waals surface area contributed by atoms with Gasteiger partial charge in [-0.2, -0.15) is 0 Å². The molecule has 0 spiro atoms. The lowest BCUT2D eigenvalue weighted by molar-refractivity contribution is -0.124. The van der Waals surface area contributed by atoms with Crippen LogP contribution in [0, 0.1) is 5.41 Å². The smallest absolute Gasteiger partial charge is 0.186 e. The minimum atomic E-state index is -1.33. The van der Waals surface area contributed by atoms with Crippen molar-refractivity contribution in [1.82, 2.24) is 0 Å². The molecule has 0 aromatic heterocycles. The number of ketones is 1. The Kier molecular flexibility index (Phi) is 8.27. The van der Waals surface area contributed by atoms with Gasteiger partial charge in [0.1, 0.15) is 6.10 Å². The van der Waals surface area contributed by atoms with E-state index in [1.807, 2.05) is 25.2 Å². The zero-order chi connectivity index (χ0) is 19.0. The monoisotopic (exact) mass is 344 g/mol. The first-order valence-corrected chi connectivity index (χ1v) is 8.91. The second-order valence-corrected chi connectivity index (χ2v) is 7.52. The maximum Gasteiger partial charge on any atom is 0.186 e. The molecule has 0 bridgehead atoms. The topological polar surface area (TPSA) is 57.5 Å². The molecule has 25 heavy (non-hydrogen) atoms. The number of rotatable bonds is 7. The molecular formula is C22H32O3. The SMILES string of the molecule is CC(C=CC1=C(C)CCCC1(C)C)=CC=CC(C)=CC(=O)C(O)CO. The van der Waals surface area contributed by atoms with E-state index in [-0.39, 0.29) is 5.41 Å². The van der Waals surface area contributed by atoms with E-state index in [0.29, 0.717) is 0 Å². The van der Waals surface area contributed by atoms with Gasteiger partial charge in [0, 0.05) is 0 Å². The molecule has 0 fully saturated rings. The molecule has 0 radical (unpaired) electrons. The fourth-order valence-electron chi connectivity index (χ4n) is 3.09. The Hall–Kier alpha value is -1.71. The summed E-state index contributed by atoms with van der Waals surface area (Å²) >= 11 is 0. The highest BCUT2D eigenvalue weighted by Gasteiger charge is 2.26. The lowest BCUT2D eigenvalue weighted by atomic mass is 9.72. The molecule has 1 unspecified atom stereocenters. The lowest BCUT2D eigenvalue weighted by Crippen LogP contribution is -2.22. The molecule has 0 saturated heterocycles. The fourth-order valence-corrected chi connectivity index (χ4v) is 3.09. The van der Waals surface area contributed by atoms with Gasteiger partial charge in [0.05, 0.1) is 6.61 Å². The maximum absolute atomic E-state index is 11.5. The van der Waals surface area contributed by atoms with Crippen molar-refractivity contribution >= 4 is 5.78 Å². The van der Waals surface area contributed by atoms with Gasteiger partial charge in [-0.3, -0.25) is 4.79 Å². The number of allylic oxidation sites excluding steroid dienone is 9. The number of aliphatic hydroxyl groups is 2. The van der Waals surface area contributed by atoms with E-state index >= 15 is 0 Å². The molecule has 3 nitrogen and oxygen atoms in total. The van der Waals surface area contributed by atoms with Crippen LogP contribution < -0.4 is 0 Å². The summed E-state index contributed by atoms with van der Waals surface area (Å²) in [5.74, 6) is -0.479. The molecule has 138 valence electrons. The van der Waals surface area contributed by atoms with Gasteiger partial charge >= 0.3 is 0 Å². The highest BCUT2D eigenvalue weighted by Crippen LogP contribution is 2.40. The number of hydrogen-bond acceptors (Lipinski definition) is 3. The molecule has 0 aromatic rings. The summed E-state index contributed by atoms with van der Waals surface area (Å²) in [6.45, 7) is 10.1. The van der Waals surface area contributed by atoms with Crippen LogP contribution in [-0.2, 0) is 4.79 Å². The first-order chi connectivity index (χ1) is 11.7. The van der Waals surface area contributed by atoms with E-state index in [0.717, 1.165) is 11.1 Å². The van der Waals surface area contributed by atoms with Crippen LogP contribution in [0.15, 0.2) is 58.7 Å². The molecule has 2 N–H and O–H groups in total. The van der Waals surface area contributed by atoms with Crippen molar-refractivity contribution in [3.05, 3.63) is 58.7 Å². The summed E-state index contributed by atoms with van der Waals surface area (Å²) in [6, 6.07) is 0. The summed E-state index contributed by atoms with van der Waals surface area (Å²) in [4.78, 5) is 11.5. The number of hydrogen-bond donors (Lipinski definition) is 2. The Morgan fingerprint density at radius 1 is 1.24 bits per heavy atom. The second kappa shape index (κ2) is 9.69. The van der Waals surface area contributed by atoms with Gasteiger partial charge in [0.2, 0.25) is 0 Å². The number of aliphatic hydroxyl groups excluding tert-OH is 2. The molecule has 1 atom stereocenters. The van der Waals surface area contributed by atoms with Gasteiger partial charge in [0.15, 0.2) is 5.78 Å². The lowest BCUT2D eigenvalue weighted by Gasteiger charge is -2.32. The predicted molar refractivity (Wildman–Crippen MR) is 104 cm³/mol. The summed E-state index contributed by atoms with van der Waals surface area (Å²) in [7, 11) is 0. The third kappa shape index (κ3) is 6.97. The van der Waals surface area contributed by atoms with Gasteiger partial charge in [-0.05, 0) is 62.7 Å². The van der Waals surface area contributed by atoms with Gasteiger partial charge in [-0.25, -0.2) is 0 Å². The largest absolute Gasteiger partial charge is 0.393 e. The Bertz CT molecular complexity index is 628. The van der Waals surface area contributed by atoms with Crippen molar-refractivity contribution in [1.29, 1.82) is 0 Å². The Morgan fingerprint density at radius 3 is 2.52 bits per heavy atom. The number of carbonyl (C=O) groups is 1. The van der Waals surface area contributed by atoms with Crippen LogP contribution in [0.2, 0.25) is 0 Å². The summed E-state index contributed by atoms with van der Waals surface area (Å²) < 4.78 is 0. The van der Waals surface area contributed by atoms with E-state index in [1.54, 1.807) is 6.92 Å². The van der Waals surface area contributed by atoms with Gasteiger partial charge < -0.3 is 10.2 Å². The van der Waals surface area contributed by atoms with Gasteiger partial charge in [-0.15, -0.1) is 0 Å².